The summed E-state index contributed by atoms with van der Waals surface area (Å²) in [6, 6.07) is 1.78. The zero-order valence-corrected chi connectivity index (χ0v) is 15.0. The maximum atomic E-state index is 12.4. The highest BCUT2D eigenvalue weighted by atomic mass is 16.4. The number of aliphatic hydroxyl groups is 1. The second kappa shape index (κ2) is 7.97. The van der Waals surface area contributed by atoms with Crippen molar-refractivity contribution in [3.05, 3.63) is 33.4 Å². The van der Waals surface area contributed by atoms with E-state index in [2.05, 4.69) is 12.2 Å². The van der Waals surface area contributed by atoms with Crippen molar-refractivity contribution in [3.8, 4) is 0 Å². The third-order valence-corrected chi connectivity index (χ3v) is 4.96. The molecule has 1 fully saturated rings. The first kappa shape index (κ1) is 18.7. The Hall–Kier alpha value is -1.62. The van der Waals surface area contributed by atoms with Crippen LogP contribution in [0.3, 0.4) is 0 Å². The molecule has 5 nitrogen and oxygen atoms in total. The smallest absolute Gasteiger partial charge is 0.349 e. The number of rotatable bonds is 6. The molecule has 1 heterocycles. The van der Waals surface area contributed by atoms with Gasteiger partial charge in [0.1, 0.15) is 11.3 Å². The van der Waals surface area contributed by atoms with Crippen molar-refractivity contribution in [2.45, 2.75) is 77.2 Å². The van der Waals surface area contributed by atoms with Gasteiger partial charge in [0.25, 0.3) is 5.91 Å². The van der Waals surface area contributed by atoms with Crippen LogP contribution in [-0.2, 0) is 0 Å². The van der Waals surface area contributed by atoms with Crippen LogP contribution >= 0.6 is 0 Å². The van der Waals surface area contributed by atoms with E-state index < -0.39 is 17.1 Å². The van der Waals surface area contributed by atoms with Crippen LogP contribution in [0.25, 0.3) is 0 Å². The lowest BCUT2D eigenvalue weighted by molar-refractivity contribution is 0.00520. The van der Waals surface area contributed by atoms with Crippen molar-refractivity contribution < 1.29 is 14.3 Å². The van der Waals surface area contributed by atoms with Crippen LogP contribution in [0.15, 0.2) is 15.3 Å². The number of hydrogen-bond donors (Lipinski definition) is 2. The molecular formula is C19H29NO4. The fraction of sp³-hybridized carbons (Fsp3) is 0.684. The molecule has 1 aromatic heterocycles. The van der Waals surface area contributed by atoms with Gasteiger partial charge in [0.05, 0.1) is 5.60 Å². The SMILES string of the molecule is CCCC(C)c1cc(C)c(C(=O)NCC2(O)CCCCC2)c(=O)o1. The van der Waals surface area contributed by atoms with Gasteiger partial charge in [0, 0.05) is 12.5 Å². The van der Waals surface area contributed by atoms with Gasteiger partial charge in [-0.3, -0.25) is 4.79 Å². The van der Waals surface area contributed by atoms with Gasteiger partial charge in [0.2, 0.25) is 0 Å². The normalized spacial score (nSPS) is 18.2. The predicted octanol–water partition coefficient (Wildman–Crippen LogP) is 3.28. The Morgan fingerprint density at radius 2 is 2.04 bits per heavy atom. The van der Waals surface area contributed by atoms with E-state index in [0.29, 0.717) is 24.2 Å². The summed E-state index contributed by atoms with van der Waals surface area (Å²) < 4.78 is 5.36. The van der Waals surface area contributed by atoms with Crippen molar-refractivity contribution in [1.82, 2.24) is 5.32 Å². The average molecular weight is 335 g/mol. The third kappa shape index (κ3) is 4.47. The number of carbonyl (C=O) groups excluding carboxylic acids is 1. The van der Waals surface area contributed by atoms with Crippen molar-refractivity contribution in [2.24, 2.45) is 0 Å². The van der Waals surface area contributed by atoms with Gasteiger partial charge in [0.15, 0.2) is 0 Å². The van der Waals surface area contributed by atoms with Gasteiger partial charge < -0.3 is 14.8 Å². The van der Waals surface area contributed by atoms with Gasteiger partial charge in [-0.2, -0.15) is 0 Å². The van der Waals surface area contributed by atoms with Crippen molar-refractivity contribution in [3.63, 3.8) is 0 Å². The van der Waals surface area contributed by atoms with Gasteiger partial charge >= 0.3 is 5.63 Å². The number of amides is 1. The quantitative estimate of drug-likeness (QED) is 0.836. The molecular weight excluding hydrogens is 306 g/mol. The summed E-state index contributed by atoms with van der Waals surface area (Å²) in [5.74, 6) is 0.318. The lowest BCUT2D eigenvalue weighted by atomic mass is 9.85. The Kier molecular flexibility index (Phi) is 6.21. The summed E-state index contributed by atoms with van der Waals surface area (Å²) in [4.78, 5) is 24.6. The topological polar surface area (TPSA) is 79.5 Å². The fourth-order valence-corrected chi connectivity index (χ4v) is 3.44. The Bertz CT molecular complexity index is 629. The van der Waals surface area contributed by atoms with E-state index in [1.165, 1.54) is 0 Å². The lowest BCUT2D eigenvalue weighted by Crippen LogP contribution is -2.45. The number of hydrogen-bond acceptors (Lipinski definition) is 4. The highest BCUT2D eigenvalue weighted by Gasteiger charge is 2.30. The zero-order valence-electron chi connectivity index (χ0n) is 15.0. The van der Waals surface area contributed by atoms with E-state index in [1.807, 2.05) is 6.92 Å². The Morgan fingerprint density at radius 1 is 1.38 bits per heavy atom. The molecule has 0 aromatic carbocycles. The third-order valence-electron chi connectivity index (χ3n) is 4.96. The van der Waals surface area contributed by atoms with Crippen LogP contribution in [0, 0.1) is 6.92 Å². The molecule has 1 aliphatic carbocycles. The van der Waals surface area contributed by atoms with E-state index in [9.17, 15) is 14.7 Å². The molecule has 0 aliphatic heterocycles. The number of carbonyl (C=O) groups is 1. The first-order valence-electron chi connectivity index (χ1n) is 9.01. The lowest BCUT2D eigenvalue weighted by Gasteiger charge is -2.32. The summed E-state index contributed by atoms with van der Waals surface area (Å²) in [5, 5.41) is 13.2. The minimum absolute atomic E-state index is 0.0434. The van der Waals surface area contributed by atoms with Gasteiger partial charge in [-0.05, 0) is 37.8 Å². The summed E-state index contributed by atoms with van der Waals surface area (Å²) >= 11 is 0. The van der Waals surface area contributed by atoms with Gasteiger partial charge in [-0.1, -0.05) is 39.5 Å². The summed E-state index contributed by atoms with van der Waals surface area (Å²) in [7, 11) is 0. The summed E-state index contributed by atoms with van der Waals surface area (Å²) in [6.07, 6.45) is 6.37. The molecule has 1 aromatic rings. The first-order valence-corrected chi connectivity index (χ1v) is 9.01. The molecule has 0 spiro atoms. The monoisotopic (exact) mass is 335 g/mol. The Labute approximate surface area is 143 Å². The highest BCUT2D eigenvalue weighted by Crippen LogP contribution is 2.27. The summed E-state index contributed by atoms with van der Waals surface area (Å²) in [5.41, 5.74) is -0.780. The van der Waals surface area contributed by atoms with E-state index in [-0.39, 0.29) is 18.0 Å². The van der Waals surface area contributed by atoms with E-state index in [1.54, 1.807) is 13.0 Å². The Balaban J connectivity index is 2.10. The van der Waals surface area contributed by atoms with Crippen LogP contribution in [0.2, 0.25) is 0 Å². The maximum absolute atomic E-state index is 12.4. The maximum Gasteiger partial charge on any atom is 0.349 e. The van der Waals surface area contributed by atoms with E-state index in [0.717, 1.165) is 32.1 Å². The molecule has 1 unspecified atom stereocenters. The van der Waals surface area contributed by atoms with Crippen molar-refractivity contribution in [1.29, 1.82) is 0 Å². The van der Waals surface area contributed by atoms with E-state index in [4.69, 9.17) is 4.42 Å². The average Bonchev–Trinajstić information content (AvgIpc) is 2.53. The minimum atomic E-state index is -0.850. The molecule has 24 heavy (non-hydrogen) atoms. The van der Waals surface area contributed by atoms with E-state index >= 15 is 0 Å². The largest absolute Gasteiger partial charge is 0.427 e. The second-order valence-electron chi connectivity index (χ2n) is 7.15. The van der Waals surface area contributed by atoms with Crippen LogP contribution < -0.4 is 10.9 Å². The molecule has 1 amide bonds. The van der Waals surface area contributed by atoms with Crippen LogP contribution in [-0.4, -0.2) is 23.2 Å². The molecule has 2 rings (SSSR count). The molecule has 0 radical (unpaired) electrons. The highest BCUT2D eigenvalue weighted by molar-refractivity contribution is 5.95. The minimum Gasteiger partial charge on any atom is -0.427 e. The first-order chi connectivity index (χ1) is 11.4. The molecule has 0 saturated heterocycles. The molecule has 1 aliphatic rings. The molecule has 0 bridgehead atoms. The number of nitrogens with one attached hydrogen (secondary N) is 1. The fourth-order valence-electron chi connectivity index (χ4n) is 3.44. The Morgan fingerprint density at radius 3 is 2.62 bits per heavy atom. The molecule has 1 saturated carbocycles. The second-order valence-corrected chi connectivity index (χ2v) is 7.15. The molecule has 134 valence electrons. The molecule has 2 N–H and O–H groups in total. The van der Waals surface area contributed by atoms with Crippen molar-refractivity contribution >= 4 is 5.91 Å². The standard InChI is InChI=1S/C19H29NO4/c1-4-8-13(2)15-11-14(3)16(18(22)24-15)17(21)20-12-19(23)9-6-5-7-10-19/h11,13,23H,4-10,12H2,1-3H3,(H,20,21). The zero-order chi connectivity index (χ0) is 17.7. The van der Waals surface area contributed by atoms with Crippen LogP contribution in [0.5, 0.6) is 0 Å². The van der Waals surface area contributed by atoms with Gasteiger partial charge in [-0.25, -0.2) is 4.79 Å². The molecule has 5 heteroatoms. The van der Waals surface area contributed by atoms with Crippen molar-refractivity contribution in [2.75, 3.05) is 6.54 Å². The van der Waals surface area contributed by atoms with Crippen LogP contribution in [0.1, 0.15) is 86.4 Å². The predicted molar refractivity (Wildman–Crippen MR) is 93.4 cm³/mol. The molecule has 1 atom stereocenters. The number of aryl methyl sites for hydroxylation is 1. The summed E-state index contributed by atoms with van der Waals surface area (Å²) in [6.45, 7) is 6.03. The van der Waals surface area contributed by atoms with Gasteiger partial charge in [-0.15, -0.1) is 0 Å². The van der Waals surface area contributed by atoms with Crippen LogP contribution in [0.4, 0.5) is 0 Å².